The van der Waals surface area contributed by atoms with Gasteiger partial charge >= 0.3 is 5.69 Å². The van der Waals surface area contributed by atoms with Crippen LogP contribution in [0.4, 0.5) is 15.8 Å². The summed E-state index contributed by atoms with van der Waals surface area (Å²) in [6.07, 6.45) is -0.298. The quantitative estimate of drug-likeness (QED) is 0.438. The van der Waals surface area contributed by atoms with E-state index < -0.39 is 22.3 Å². The molecule has 0 unspecified atom stereocenters. The molecule has 0 aliphatic carbocycles. The first-order chi connectivity index (χ1) is 8.00. The number of rotatable bonds is 2. The monoisotopic (exact) mass is 238 g/mol. The van der Waals surface area contributed by atoms with Crippen molar-refractivity contribution in [1.29, 1.82) is 0 Å². The molecule has 7 heteroatoms. The van der Waals surface area contributed by atoms with E-state index in [-0.39, 0.29) is 24.4 Å². The first-order valence-electron chi connectivity index (χ1n) is 4.75. The Bertz CT molecular complexity index is 529. The number of benzene rings is 1. The summed E-state index contributed by atoms with van der Waals surface area (Å²) in [6, 6.07) is 3.44. The molecule has 0 saturated carbocycles. The molecule has 0 N–H and O–H groups in total. The van der Waals surface area contributed by atoms with Gasteiger partial charge in [-0.2, -0.15) is 4.39 Å². The lowest BCUT2D eigenvalue weighted by Gasteiger charge is -2.14. The molecule has 0 bridgehead atoms. The molecule has 0 atom stereocenters. The van der Waals surface area contributed by atoms with E-state index in [9.17, 15) is 24.1 Å². The van der Waals surface area contributed by atoms with Gasteiger partial charge in [-0.05, 0) is 12.1 Å². The molecular weight excluding hydrogens is 231 g/mol. The van der Waals surface area contributed by atoms with Crippen LogP contribution in [-0.2, 0) is 9.59 Å². The molecule has 1 aliphatic rings. The summed E-state index contributed by atoms with van der Waals surface area (Å²) in [4.78, 5) is 33.3. The van der Waals surface area contributed by atoms with Gasteiger partial charge < -0.3 is 0 Å². The number of hydrogen-bond donors (Lipinski definition) is 0. The van der Waals surface area contributed by atoms with Gasteiger partial charge in [-0.1, -0.05) is 6.07 Å². The van der Waals surface area contributed by atoms with Gasteiger partial charge in [0, 0.05) is 0 Å². The molecule has 1 aromatic carbocycles. The number of nitro groups is 1. The number of anilines is 1. The van der Waals surface area contributed by atoms with Crippen molar-refractivity contribution in [1.82, 2.24) is 0 Å². The molecule has 17 heavy (non-hydrogen) atoms. The topological polar surface area (TPSA) is 80.5 Å². The molecule has 88 valence electrons. The van der Waals surface area contributed by atoms with Crippen molar-refractivity contribution in [3.63, 3.8) is 0 Å². The van der Waals surface area contributed by atoms with Crippen molar-refractivity contribution in [3.8, 4) is 0 Å². The predicted molar refractivity (Wildman–Crippen MR) is 55.0 cm³/mol. The molecule has 1 saturated heterocycles. The second kappa shape index (κ2) is 3.93. The first kappa shape index (κ1) is 11.2. The third-order valence-electron chi connectivity index (χ3n) is 2.42. The summed E-state index contributed by atoms with van der Waals surface area (Å²) in [6.45, 7) is -0.247. The van der Waals surface area contributed by atoms with E-state index in [0.29, 0.717) is 0 Å². The molecule has 0 radical (unpaired) electrons. The number of carbonyl (C=O) groups excluding carboxylic acids is 2. The molecule has 1 aromatic rings. The highest BCUT2D eigenvalue weighted by Gasteiger charge is 2.34. The zero-order valence-electron chi connectivity index (χ0n) is 8.55. The fourth-order valence-electron chi connectivity index (χ4n) is 1.71. The van der Waals surface area contributed by atoms with Crippen LogP contribution in [0, 0.1) is 15.9 Å². The van der Waals surface area contributed by atoms with Crippen LogP contribution < -0.4 is 4.90 Å². The molecule has 0 aromatic heterocycles. The lowest BCUT2D eigenvalue weighted by Crippen LogP contribution is -2.25. The Labute approximate surface area is 94.8 Å². The molecular formula is C10H7FN2O4. The third kappa shape index (κ3) is 1.86. The minimum atomic E-state index is -1.03. The normalized spacial score (nSPS) is 15.5. The molecule has 2 rings (SSSR count). The van der Waals surface area contributed by atoms with E-state index in [1.165, 1.54) is 12.1 Å². The minimum absolute atomic E-state index is 0.175. The van der Waals surface area contributed by atoms with Crippen LogP contribution >= 0.6 is 0 Å². The second-order valence-corrected chi connectivity index (χ2v) is 3.56. The zero-order chi connectivity index (χ0) is 12.6. The fourth-order valence-corrected chi connectivity index (χ4v) is 1.71. The standard InChI is InChI=1S/C10H7FN2O4/c11-7-2-1-3-8(10(7)13(16)17)12-5-6(14)4-9(12)15/h1-3H,4-5H2. The van der Waals surface area contributed by atoms with Crippen molar-refractivity contribution >= 4 is 23.1 Å². The van der Waals surface area contributed by atoms with E-state index in [4.69, 9.17) is 0 Å². The van der Waals surface area contributed by atoms with Crippen LogP contribution in [0.25, 0.3) is 0 Å². The van der Waals surface area contributed by atoms with Gasteiger partial charge in [0.25, 0.3) is 0 Å². The second-order valence-electron chi connectivity index (χ2n) is 3.56. The Morgan fingerprint density at radius 1 is 1.35 bits per heavy atom. The van der Waals surface area contributed by atoms with Crippen LogP contribution in [0.2, 0.25) is 0 Å². The SMILES string of the molecule is O=C1CC(=O)N(c2cccc(F)c2[N+](=O)[O-])C1. The summed E-state index contributed by atoms with van der Waals surface area (Å²) >= 11 is 0. The highest BCUT2D eigenvalue weighted by atomic mass is 19.1. The number of nitrogens with zero attached hydrogens (tertiary/aromatic N) is 2. The largest absolute Gasteiger partial charge is 0.328 e. The van der Waals surface area contributed by atoms with Crippen LogP contribution in [0.5, 0.6) is 0 Å². The number of nitro benzene ring substituents is 1. The maximum Gasteiger partial charge on any atom is 0.328 e. The average molecular weight is 238 g/mol. The highest BCUT2D eigenvalue weighted by Crippen LogP contribution is 2.32. The van der Waals surface area contributed by atoms with E-state index in [1.807, 2.05) is 0 Å². The zero-order valence-corrected chi connectivity index (χ0v) is 8.55. The van der Waals surface area contributed by atoms with Gasteiger partial charge in [-0.25, -0.2) is 0 Å². The molecule has 6 nitrogen and oxygen atoms in total. The van der Waals surface area contributed by atoms with Crippen molar-refractivity contribution in [2.45, 2.75) is 6.42 Å². The lowest BCUT2D eigenvalue weighted by molar-refractivity contribution is -0.386. The van der Waals surface area contributed by atoms with E-state index >= 15 is 0 Å². The lowest BCUT2D eigenvalue weighted by atomic mass is 10.2. The van der Waals surface area contributed by atoms with Crippen molar-refractivity contribution in [2.24, 2.45) is 0 Å². The maximum absolute atomic E-state index is 13.3. The van der Waals surface area contributed by atoms with E-state index in [1.54, 1.807) is 0 Å². The molecule has 1 aliphatic heterocycles. The van der Waals surface area contributed by atoms with Gasteiger partial charge in [-0.15, -0.1) is 0 Å². The van der Waals surface area contributed by atoms with Gasteiger partial charge in [0.05, 0.1) is 17.9 Å². The summed E-state index contributed by atoms with van der Waals surface area (Å²) < 4.78 is 13.3. The number of hydrogen-bond acceptors (Lipinski definition) is 4. The van der Waals surface area contributed by atoms with Gasteiger partial charge in [0.2, 0.25) is 11.7 Å². The Kier molecular flexibility index (Phi) is 2.58. The number of amides is 1. The minimum Gasteiger partial charge on any atom is -0.298 e. The fraction of sp³-hybridized carbons (Fsp3) is 0.200. The number of carbonyl (C=O) groups is 2. The highest BCUT2D eigenvalue weighted by molar-refractivity contribution is 6.15. The molecule has 0 spiro atoms. The summed E-state index contributed by atoms with van der Waals surface area (Å²) in [5, 5.41) is 10.7. The number of ketones is 1. The molecule has 1 amide bonds. The first-order valence-corrected chi connectivity index (χ1v) is 4.75. The van der Waals surface area contributed by atoms with Crippen molar-refractivity contribution < 1.29 is 18.9 Å². The number of para-hydroxylation sites is 1. The number of halogens is 1. The Morgan fingerprint density at radius 3 is 2.59 bits per heavy atom. The summed E-state index contributed by atoms with van der Waals surface area (Å²) in [7, 11) is 0. The summed E-state index contributed by atoms with van der Waals surface area (Å²) in [5.41, 5.74) is -0.957. The van der Waals surface area contributed by atoms with Crippen molar-refractivity contribution in [2.75, 3.05) is 11.4 Å². The third-order valence-corrected chi connectivity index (χ3v) is 2.42. The van der Waals surface area contributed by atoms with Gasteiger partial charge in [-0.3, -0.25) is 24.6 Å². The van der Waals surface area contributed by atoms with E-state index in [0.717, 1.165) is 11.0 Å². The molecule has 1 heterocycles. The predicted octanol–water partition coefficient (Wildman–Crippen LogP) is 1.04. The van der Waals surface area contributed by atoms with E-state index in [2.05, 4.69) is 0 Å². The molecule has 1 fully saturated rings. The summed E-state index contributed by atoms with van der Waals surface area (Å²) in [5.74, 6) is -1.92. The Balaban J connectivity index is 2.52. The van der Waals surface area contributed by atoms with Gasteiger partial charge in [0.1, 0.15) is 5.69 Å². The smallest absolute Gasteiger partial charge is 0.298 e. The average Bonchev–Trinajstić information content (AvgIpc) is 2.56. The van der Waals surface area contributed by atoms with Crippen molar-refractivity contribution in [3.05, 3.63) is 34.1 Å². The van der Waals surface area contributed by atoms with Crippen LogP contribution in [0.1, 0.15) is 6.42 Å². The van der Waals surface area contributed by atoms with Crippen LogP contribution in [0.15, 0.2) is 18.2 Å². The van der Waals surface area contributed by atoms with Crippen LogP contribution in [-0.4, -0.2) is 23.2 Å². The number of Topliss-reactive ketones (excluding diaryl/α,β-unsaturated/α-hetero) is 1. The Morgan fingerprint density at radius 2 is 2.06 bits per heavy atom. The Hall–Kier alpha value is -2.31. The van der Waals surface area contributed by atoms with Crippen LogP contribution in [0.3, 0.4) is 0 Å². The maximum atomic E-state index is 13.3. The van der Waals surface area contributed by atoms with Gasteiger partial charge in [0.15, 0.2) is 5.78 Å².